The van der Waals surface area contributed by atoms with Crippen LogP contribution in [-0.2, 0) is 20.8 Å². The molecule has 0 radical (unpaired) electrons. The molecule has 1 aromatic rings. The van der Waals surface area contributed by atoms with Gasteiger partial charge in [0.25, 0.3) is 5.91 Å². The van der Waals surface area contributed by atoms with Gasteiger partial charge in [0.2, 0.25) is 5.76 Å². The van der Waals surface area contributed by atoms with Crippen molar-refractivity contribution in [3.05, 3.63) is 41.9 Å². The van der Waals surface area contributed by atoms with Crippen LogP contribution < -0.4 is 10.1 Å². The average Bonchev–Trinajstić information content (AvgIpc) is 2.46. The molecular formula is C13H15NO4. The highest BCUT2D eigenvalue weighted by Gasteiger charge is 2.14. The predicted octanol–water partition coefficient (Wildman–Crippen LogP) is 1.20. The zero-order valence-electron chi connectivity index (χ0n) is 10.1. The van der Waals surface area contributed by atoms with Crippen LogP contribution in [-0.4, -0.2) is 26.2 Å². The Bertz CT molecular complexity index is 439. The highest BCUT2D eigenvalue weighted by atomic mass is 16.6. The summed E-state index contributed by atoms with van der Waals surface area (Å²) in [6, 6.07) is 7.49. The summed E-state index contributed by atoms with van der Waals surface area (Å²) in [5.74, 6) is 0.733. The summed E-state index contributed by atoms with van der Waals surface area (Å²) >= 11 is 0. The molecule has 96 valence electrons. The largest absolute Gasteiger partial charge is 0.497 e. The minimum absolute atomic E-state index is 0.217. The SMILES string of the molecule is COc1ccc(CNC(=O)C2=COCCO2)cc1. The molecule has 0 saturated heterocycles. The second-order valence-corrected chi connectivity index (χ2v) is 3.73. The summed E-state index contributed by atoms with van der Waals surface area (Å²) in [6.45, 7) is 1.32. The van der Waals surface area contributed by atoms with Gasteiger partial charge in [0.15, 0.2) is 0 Å². The summed E-state index contributed by atoms with van der Waals surface area (Å²) in [7, 11) is 1.61. The van der Waals surface area contributed by atoms with Gasteiger partial charge in [0.05, 0.1) is 7.11 Å². The van der Waals surface area contributed by atoms with Crippen molar-refractivity contribution in [2.24, 2.45) is 0 Å². The van der Waals surface area contributed by atoms with Crippen molar-refractivity contribution < 1.29 is 19.0 Å². The van der Waals surface area contributed by atoms with Crippen molar-refractivity contribution in [1.82, 2.24) is 5.32 Å². The van der Waals surface area contributed by atoms with E-state index in [0.717, 1.165) is 11.3 Å². The van der Waals surface area contributed by atoms with E-state index < -0.39 is 0 Å². The number of rotatable bonds is 4. The molecule has 1 heterocycles. The summed E-state index contributed by atoms with van der Waals surface area (Å²) < 4.78 is 15.2. The number of carbonyl (C=O) groups is 1. The number of amides is 1. The maximum absolute atomic E-state index is 11.7. The molecular weight excluding hydrogens is 234 g/mol. The van der Waals surface area contributed by atoms with E-state index in [2.05, 4.69) is 5.32 Å². The van der Waals surface area contributed by atoms with Gasteiger partial charge in [-0.15, -0.1) is 0 Å². The number of methoxy groups -OCH3 is 1. The van der Waals surface area contributed by atoms with Crippen molar-refractivity contribution in [3.63, 3.8) is 0 Å². The summed E-state index contributed by atoms with van der Waals surface area (Å²) in [5, 5.41) is 2.75. The number of nitrogens with one attached hydrogen (secondary N) is 1. The van der Waals surface area contributed by atoms with Gasteiger partial charge in [-0.3, -0.25) is 4.79 Å². The lowest BCUT2D eigenvalue weighted by atomic mass is 10.2. The van der Waals surface area contributed by atoms with E-state index in [1.165, 1.54) is 6.26 Å². The first-order chi connectivity index (χ1) is 8.79. The van der Waals surface area contributed by atoms with Gasteiger partial charge >= 0.3 is 0 Å². The van der Waals surface area contributed by atoms with E-state index in [4.69, 9.17) is 14.2 Å². The third kappa shape index (κ3) is 3.16. The normalized spacial score (nSPS) is 13.9. The fourth-order valence-corrected chi connectivity index (χ4v) is 1.50. The Balaban J connectivity index is 1.86. The lowest BCUT2D eigenvalue weighted by Crippen LogP contribution is -2.27. The van der Waals surface area contributed by atoms with Crippen LogP contribution >= 0.6 is 0 Å². The Labute approximate surface area is 105 Å². The molecule has 1 aliphatic heterocycles. The summed E-state index contributed by atoms with van der Waals surface area (Å²) in [6.07, 6.45) is 1.34. The number of carbonyl (C=O) groups excluding carboxylic acids is 1. The monoisotopic (exact) mass is 249 g/mol. The number of benzene rings is 1. The average molecular weight is 249 g/mol. The first-order valence-corrected chi connectivity index (χ1v) is 5.65. The van der Waals surface area contributed by atoms with Gasteiger partial charge < -0.3 is 19.5 Å². The van der Waals surface area contributed by atoms with Crippen LogP contribution in [0.4, 0.5) is 0 Å². The first kappa shape index (κ1) is 12.3. The zero-order chi connectivity index (χ0) is 12.8. The molecule has 5 heteroatoms. The molecule has 1 N–H and O–H groups in total. The van der Waals surface area contributed by atoms with E-state index in [9.17, 15) is 4.79 Å². The third-order valence-corrected chi connectivity index (χ3v) is 2.49. The number of ether oxygens (including phenoxy) is 3. The Kier molecular flexibility index (Phi) is 4.06. The molecule has 0 saturated carbocycles. The van der Waals surface area contributed by atoms with E-state index in [1.807, 2.05) is 24.3 Å². The van der Waals surface area contributed by atoms with Crippen LogP contribution in [0.2, 0.25) is 0 Å². The van der Waals surface area contributed by atoms with E-state index in [-0.39, 0.29) is 11.7 Å². The van der Waals surface area contributed by atoms with Crippen molar-refractivity contribution in [3.8, 4) is 5.75 Å². The minimum atomic E-state index is -0.273. The van der Waals surface area contributed by atoms with E-state index in [0.29, 0.717) is 19.8 Å². The van der Waals surface area contributed by atoms with Crippen LogP contribution in [0.15, 0.2) is 36.3 Å². The molecule has 0 unspecified atom stereocenters. The quantitative estimate of drug-likeness (QED) is 0.871. The van der Waals surface area contributed by atoms with Crippen molar-refractivity contribution in [1.29, 1.82) is 0 Å². The minimum Gasteiger partial charge on any atom is -0.497 e. The molecule has 2 rings (SSSR count). The second kappa shape index (κ2) is 5.95. The molecule has 0 aromatic heterocycles. The fourth-order valence-electron chi connectivity index (χ4n) is 1.50. The molecule has 0 bridgehead atoms. The van der Waals surface area contributed by atoms with Gasteiger partial charge in [-0.2, -0.15) is 0 Å². The maximum atomic E-state index is 11.7. The standard InChI is InChI=1S/C13H15NO4/c1-16-11-4-2-10(3-5-11)8-14-13(15)12-9-17-6-7-18-12/h2-5,9H,6-8H2,1H3,(H,14,15). The Morgan fingerprint density at radius 2 is 2.11 bits per heavy atom. The highest BCUT2D eigenvalue weighted by Crippen LogP contribution is 2.11. The Morgan fingerprint density at radius 1 is 1.33 bits per heavy atom. The molecule has 0 spiro atoms. The molecule has 0 atom stereocenters. The number of hydrogen-bond acceptors (Lipinski definition) is 4. The smallest absolute Gasteiger partial charge is 0.289 e. The fraction of sp³-hybridized carbons (Fsp3) is 0.308. The molecule has 0 aliphatic carbocycles. The van der Waals surface area contributed by atoms with Gasteiger partial charge in [-0.05, 0) is 17.7 Å². The predicted molar refractivity (Wildman–Crippen MR) is 64.8 cm³/mol. The summed E-state index contributed by atoms with van der Waals surface area (Å²) in [5.41, 5.74) is 0.987. The summed E-state index contributed by atoms with van der Waals surface area (Å²) in [4.78, 5) is 11.7. The molecule has 1 aromatic carbocycles. The van der Waals surface area contributed by atoms with Crippen LogP contribution in [0, 0.1) is 0 Å². The van der Waals surface area contributed by atoms with Gasteiger partial charge in [0, 0.05) is 6.54 Å². The van der Waals surface area contributed by atoms with Crippen molar-refractivity contribution >= 4 is 5.91 Å². The van der Waals surface area contributed by atoms with Gasteiger partial charge in [-0.25, -0.2) is 0 Å². The third-order valence-electron chi connectivity index (χ3n) is 2.49. The second-order valence-electron chi connectivity index (χ2n) is 3.73. The van der Waals surface area contributed by atoms with Gasteiger partial charge in [-0.1, -0.05) is 12.1 Å². The van der Waals surface area contributed by atoms with Crippen LogP contribution in [0.5, 0.6) is 5.75 Å². The van der Waals surface area contributed by atoms with Crippen molar-refractivity contribution in [2.45, 2.75) is 6.54 Å². The molecule has 1 aliphatic rings. The van der Waals surface area contributed by atoms with Crippen LogP contribution in [0.3, 0.4) is 0 Å². The molecule has 1 amide bonds. The maximum Gasteiger partial charge on any atom is 0.289 e. The van der Waals surface area contributed by atoms with Crippen LogP contribution in [0.1, 0.15) is 5.56 Å². The lowest BCUT2D eigenvalue weighted by Gasteiger charge is -2.15. The highest BCUT2D eigenvalue weighted by molar-refractivity contribution is 5.91. The molecule has 5 nitrogen and oxygen atoms in total. The first-order valence-electron chi connectivity index (χ1n) is 5.65. The molecule has 18 heavy (non-hydrogen) atoms. The zero-order valence-corrected chi connectivity index (χ0v) is 10.1. The van der Waals surface area contributed by atoms with Crippen molar-refractivity contribution in [2.75, 3.05) is 20.3 Å². The van der Waals surface area contributed by atoms with Gasteiger partial charge in [0.1, 0.15) is 25.2 Å². The Hall–Kier alpha value is -2.17. The molecule has 0 fully saturated rings. The topological polar surface area (TPSA) is 56.8 Å². The Morgan fingerprint density at radius 3 is 2.72 bits per heavy atom. The van der Waals surface area contributed by atoms with E-state index in [1.54, 1.807) is 7.11 Å². The lowest BCUT2D eigenvalue weighted by molar-refractivity contribution is -0.122. The van der Waals surface area contributed by atoms with Crippen LogP contribution in [0.25, 0.3) is 0 Å². The van der Waals surface area contributed by atoms with E-state index >= 15 is 0 Å². The number of hydrogen-bond donors (Lipinski definition) is 1.